The Bertz CT molecular complexity index is 885. The zero-order valence-electron chi connectivity index (χ0n) is 16.7. The molecule has 0 bridgehead atoms. The maximum atomic E-state index is 12.4. The third-order valence-corrected chi connectivity index (χ3v) is 4.61. The molecule has 0 N–H and O–H groups in total. The fraction of sp³-hybridized carbons (Fsp3) is 0.304. The number of allylic oxidation sites excluding steroid dienone is 1. The number of nitrogens with zero attached hydrogens (tertiary/aromatic N) is 1. The number of hydrogen-bond donors (Lipinski definition) is 0. The van der Waals surface area contributed by atoms with Gasteiger partial charge in [0.2, 0.25) is 0 Å². The Morgan fingerprint density at radius 2 is 1.69 bits per heavy atom. The minimum Gasteiger partial charge on any atom is -0.486 e. The number of carbonyl (C=O) groups excluding carboxylic acids is 2. The van der Waals surface area contributed by atoms with Crippen molar-refractivity contribution in [3.8, 4) is 17.2 Å². The van der Waals surface area contributed by atoms with E-state index in [1.807, 2.05) is 32.0 Å². The van der Waals surface area contributed by atoms with Gasteiger partial charge in [0.25, 0.3) is 5.91 Å². The molecule has 0 spiro atoms. The molecular weight excluding hydrogens is 370 g/mol. The fourth-order valence-corrected chi connectivity index (χ4v) is 2.96. The first-order valence-electron chi connectivity index (χ1n) is 9.73. The number of fused-ring (bicyclic) bond motifs is 1. The number of benzene rings is 2. The molecule has 0 saturated heterocycles. The van der Waals surface area contributed by atoms with Crippen molar-refractivity contribution in [1.29, 1.82) is 0 Å². The van der Waals surface area contributed by atoms with Gasteiger partial charge < -0.3 is 19.1 Å². The molecule has 1 aliphatic heterocycles. The monoisotopic (exact) mass is 395 g/mol. The number of carbonyl (C=O) groups is 2. The highest BCUT2D eigenvalue weighted by molar-refractivity contribution is 6.06. The number of ether oxygens (including phenoxy) is 3. The minimum atomic E-state index is -0.120. The van der Waals surface area contributed by atoms with Crippen LogP contribution in [-0.4, -0.2) is 49.5 Å². The van der Waals surface area contributed by atoms with E-state index in [1.54, 1.807) is 35.2 Å². The lowest BCUT2D eigenvalue weighted by Crippen LogP contribution is -2.34. The van der Waals surface area contributed by atoms with E-state index in [-0.39, 0.29) is 18.3 Å². The Hall–Kier alpha value is -3.28. The molecule has 0 saturated carbocycles. The van der Waals surface area contributed by atoms with E-state index < -0.39 is 0 Å². The van der Waals surface area contributed by atoms with E-state index in [0.29, 0.717) is 43.4 Å². The first-order chi connectivity index (χ1) is 14.1. The molecule has 2 aromatic carbocycles. The van der Waals surface area contributed by atoms with Crippen LogP contribution in [0.3, 0.4) is 0 Å². The van der Waals surface area contributed by atoms with Crippen molar-refractivity contribution in [3.05, 3.63) is 59.7 Å². The molecule has 152 valence electrons. The summed E-state index contributed by atoms with van der Waals surface area (Å²) < 4.78 is 16.6. The van der Waals surface area contributed by atoms with Crippen molar-refractivity contribution >= 4 is 17.8 Å². The van der Waals surface area contributed by atoms with E-state index >= 15 is 0 Å². The largest absolute Gasteiger partial charge is 0.486 e. The smallest absolute Gasteiger partial charge is 0.260 e. The maximum absolute atomic E-state index is 12.4. The summed E-state index contributed by atoms with van der Waals surface area (Å²) in [5, 5.41) is 0. The van der Waals surface area contributed by atoms with Crippen LogP contribution in [0.15, 0.2) is 48.5 Å². The molecular formula is C23H25NO5. The number of hydrogen-bond acceptors (Lipinski definition) is 5. The van der Waals surface area contributed by atoms with E-state index in [4.69, 9.17) is 14.2 Å². The van der Waals surface area contributed by atoms with Crippen molar-refractivity contribution in [2.75, 3.05) is 32.9 Å². The van der Waals surface area contributed by atoms with Crippen LogP contribution < -0.4 is 14.2 Å². The zero-order valence-corrected chi connectivity index (χ0v) is 16.7. The van der Waals surface area contributed by atoms with Gasteiger partial charge in [0.1, 0.15) is 19.0 Å². The van der Waals surface area contributed by atoms with Crippen molar-refractivity contribution in [3.63, 3.8) is 0 Å². The Kier molecular flexibility index (Phi) is 6.89. The van der Waals surface area contributed by atoms with E-state index in [9.17, 15) is 9.59 Å². The van der Waals surface area contributed by atoms with Gasteiger partial charge in [-0.3, -0.25) is 9.59 Å². The second kappa shape index (κ2) is 9.78. The average Bonchev–Trinajstić information content (AvgIpc) is 2.77. The molecule has 0 aromatic heterocycles. The molecule has 29 heavy (non-hydrogen) atoms. The van der Waals surface area contributed by atoms with E-state index in [1.165, 1.54) is 6.08 Å². The number of amides is 1. The van der Waals surface area contributed by atoms with Gasteiger partial charge in [-0.25, -0.2) is 0 Å². The standard InChI is InChI=1S/C23H25NO5/c1-3-24(4-2)23(26)16-29-19-9-7-18(8-10-19)20(25)11-5-17-6-12-21-22(15-17)28-14-13-27-21/h5-12,15H,3-4,13-14,16H2,1-2H3/b11-5+. The molecule has 1 heterocycles. The van der Waals surface area contributed by atoms with E-state index in [0.717, 1.165) is 11.3 Å². The molecule has 6 heteroatoms. The van der Waals surface area contributed by atoms with E-state index in [2.05, 4.69) is 0 Å². The fourth-order valence-electron chi connectivity index (χ4n) is 2.96. The van der Waals surface area contributed by atoms with Crippen LogP contribution in [0.4, 0.5) is 0 Å². The second-order valence-corrected chi connectivity index (χ2v) is 6.48. The second-order valence-electron chi connectivity index (χ2n) is 6.48. The summed E-state index contributed by atoms with van der Waals surface area (Å²) in [6, 6.07) is 12.3. The molecule has 0 fully saturated rings. The predicted molar refractivity (Wildman–Crippen MR) is 111 cm³/mol. The summed E-state index contributed by atoms with van der Waals surface area (Å²) in [7, 11) is 0. The SMILES string of the molecule is CCN(CC)C(=O)COc1ccc(C(=O)/C=C/c2ccc3c(c2)OCCO3)cc1. The lowest BCUT2D eigenvalue weighted by atomic mass is 10.1. The Balaban J connectivity index is 1.57. The van der Waals surface area contributed by atoms with Crippen molar-refractivity contribution in [2.45, 2.75) is 13.8 Å². The van der Waals surface area contributed by atoms with Crippen molar-refractivity contribution in [1.82, 2.24) is 4.90 Å². The van der Waals surface area contributed by atoms with Gasteiger partial charge in [0.15, 0.2) is 23.9 Å². The molecule has 0 aliphatic carbocycles. The van der Waals surface area contributed by atoms with Crippen LogP contribution in [0.25, 0.3) is 6.08 Å². The lowest BCUT2D eigenvalue weighted by molar-refractivity contribution is -0.132. The molecule has 6 nitrogen and oxygen atoms in total. The highest BCUT2D eigenvalue weighted by Gasteiger charge is 2.12. The van der Waals surface area contributed by atoms with Crippen molar-refractivity contribution in [2.24, 2.45) is 0 Å². The summed E-state index contributed by atoms with van der Waals surface area (Å²) in [5.74, 6) is 1.78. The summed E-state index contributed by atoms with van der Waals surface area (Å²) in [5.41, 5.74) is 1.40. The normalized spacial score (nSPS) is 12.6. The third-order valence-electron chi connectivity index (χ3n) is 4.61. The Labute approximate surface area is 170 Å². The summed E-state index contributed by atoms with van der Waals surface area (Å²) in [6.45, 7) is 6.22. The van der Waals surface area contributed by atoms with Crippen LogP contribution in [0, 0.1) is 0 Å². The van der Waals surface area contributed by atoms with Gasteiger partial charge in [-0.05, 0) is 61.9 Å². The van der Waals surface area contributed by atoms with Crippen LogP contribution in [0.1, 0.15) is 29.8 Å². The van der Waals surface area contributed by atoms with Gasteiger partial charge in [0, 0.05) is 18.7 Å². The number of ketones is 1. The third kappa shape index (κ3) is 5.38. The summed E-state index contributed by atoms with van der Waals surface area (Å²) in [4.78, 5) is 26.1. The molecule has 0 atom stereocenters. The topological polar surface area (TPSA) is 65.1 Å². The highest BCUT2D eigenvalue weighted by atomic mass is 16.6. The quantitative estimate of drug-likeness (QED) is 0.505. The average molecular weight is 395 g/mol. The van der Waals surface area contributed by atoms with Crippen LogP contribution in [0.2, 0.25) is 0 Å². The highest BCUT2D eigenvalue weighted by Crippen LogP contribution is 2.31. The molecule has 1 aliphatic rings. The Morgan fingerprint density at radius 1 is 1.00 bits per heavy atom. The van der Waals surface area contributed by atoms with Gasteiger partial charge in [0.05, 0.1) is 0 Å². The van der Waals surface area contributed by atoms with Gasteiger partial charge >= 0.3 is 0 Å². The summed E-state index contributed by atoms with van der Waals surface area (Å²) >= 11 is 0. The first kappa shape index (κ1) is 20.5. The van der Waals surface area contributed by atoms with Gasteiger partial charge in [-0.2, -0.15) is 0 Å². The van der Waals surface area contributed by atoms with Crippen LogP contribution >= 0.6 is 0 Å². The molecule has 3 rings (SSSR count). The molecule has 1 amide bonds. The van der Waals surface area contributed by atoms with Crippen molar-refractivity contribution < 1.29 is 23.8 Å². The van der Waals surface area contributed by atoms with Crippen LogP contribution in [0.5, 0.6) is 17.2 Å². The predicted octanol–water partition coefficient (Wildman–Crippen LogP) is 3.60. The Morgan fingerprint density at radius 3 is 2.38 bits per heavy atom. The molecule has 0 unspecified atom stereocenters. The minimum absolute atomic E-state index is 0.0149. The number of likely N-dealkylation sites (N-methyl/N-ethyl adjacent to an activating group) is 1. The zero-order chi connectivity index (χ0) is 20.6. The van der Waals surface area contributed by atoms with Gasteiger partial charge in [-0.1, -0.05) is 12.1 Å². The van der Waals surface area contributed by atoms with Crippen LogP contribution in [-0.2, 0) is 4.79 Å². The lowest BCUT2D eigenvalue weighted by Gasteiger charge is -2.18. The molecule has 0 radical (unpaired) electrons. The van der Waals surface area contributed by atoms with Gasteiger partial charge in [-0.15, -0.1) is 0 Å². The summed E-state index contributed by atoms with van der Waals surface area (Å²) in [6.07, 6.45) is 3.26. The number of rotatable bonds is 8. The maximum Gasteiger partial charge on any atom is 0.260 e. The molecule has 2 aromatic rings. The first-order valence-corrected chi connectivity index (χ1v) is 9.73.